The first-order valence-electron chi connectivity index (χ1n) is 7.28. The zero-order valence-electron chi connectivity index (χ0n) is 12.6. The lowest BCUT2D eigenvalue weighted by atomic mass is 10.00. The molecule has 3 aromatic rings. The number of hydrogen-bond acceptors (Lipinski definition) is 4. The molecule has 0 fully saturated rings. The van der Waals surface area contributed by atoms with Crippen molar-refractivity contribution in [2.24, 2.45) is 5.92 Å². The molecule has 1 aromatic heterocycles. The van der Waals surface area contributed by atoms with Crippen LogP contribution in [-0.2, 0) is 11.2 Å². The molecule has 6 heteroatoms. The first-order chi connectivity index (χ1) is 11.0. The van der Waals surface area contributed by atoms with E-state index in [4.69, 9.17) is 0 Å². The molecule has 0 bridgehead atoms. The van der Waals surface area contributed by atoms with Crippen LogP contribution in [0.15, 0.2) is 42.7 Å². The molecule has 0 saturated heterocycles. The van der Waals surface area contributed by atoms with Gasteiger partial charge in [-0.25, -0.2) is 4.98 Å². The number of nitrogens with zero attached hydrogens (tertiary/aromatic N) is 1. The monoisotopic (exact) mass is 311 g/mol. The number of aromatic hydroxyl groups is 2. The summed E-state index contributed by atoms with van der Waals surface area (Å²) in [6, 6.07) is 10.1. The average Bonchev–Trinajstić information content (AvgIpc) is 3.00. The van der Waals surface area contributed by atoms with Crippen molar-refractivity contribution in [2.45, 2.75) is 13.3 Å². The van der Waals surface area contributed by atoms with E-state index in [0.717, 1.165) is 16.6 Å². The van der Waals surface area contributed by atoms with Gasteiger partial charge >= 0.3 is 0 Å². The zero-order chi connectivity index (χ0) is 16.4. The average molecular weight is 311 g/mol. The van der Waals surface area contributed by atoms with Crippen LogP contribution in [0.3, 0.4) is 0 Å². The van der Waals surface area contributed by atoms with Gasteiger partial charge < -0.3 is 20.5 Å². The number of aromatic amines is 1. The second-order valence-electron chi connectivity index (χ2n) is 5.52. The molecule has 0 aliphatic rings. The van der Waals surface area contributed by atoms with Gasteiger partial charge in [0.25, 0.3) is 0 Å². The number of phenols is 2. The van der Waals surface area contributed by atoms with E-state index in [0.29, 0.717) is 12.1 Å². The Morgan fingerprint density at radius 3 is 2.87 bits per heavy atom. The minimum absolute atomic E-state index is 0.131. The Balaban J connectivity index is 1.72. The first-order valence-corrected chi connectivity index (χ1v) is 7.28. The summed E-state index contributed by atoms with van der Waals surface area (Å²) >= 11 is 0. The van der Waals surface area contributed by atoms with Crippen LogP contribution in [0.1, 0.15) is 12.5 Å². The van der Waals surface area contributed by atoms with Gasteiger partial charge in [0, 0.05) is 5.92 Å². The summed E-state index contributed by atoms with van der Waals surface area (Å²) in [7, 11) is 0. The van der Waals surface area contributed by atoms with Crippen LogP contribution in [0, 0.1) is 5.92 Å². The molecule has 0 aliphatic heterocycles. The first kappa shape index (κ1) is 14.9. The second kappa shape index (κ2) is 6.00. The molecule has 1 atom stereocenters. The summed E-state index contributed by atoms with van der Waals surface area (Å²) in [5, 5.41) is 21.7. The number of H-pyrrole nitrogens is 1. The van der Waals surface area contributed by atoms with E-state index in [9.17, 15) is 15.0 Å². The van der Waals surface area contributed by atoms with Crippen molar-refractivity contribution >= 4 is 22.6 Å². The molecule has 0 saturated carbocycles. The van der Waals surface area contributed by atoms with Gasteiger partial charge in [-0.05, 0) is 36.2 Å². The molecule has 1 unspecified atom stereocenters. The third kappa shape index (κ3) is 3.11. The molecular weight excluding hydrogens is 294 g/mol. The smallest absolute Gasteiger partial charge is 0.227 e. The van der Waals surface area contributed by atoms with Gasteiger partial charge in [-0.15, -0.1) is 0 Å². The van der Waals surface area contributed by atoms with Crippen LogP contribution >= 0.6 is 0 Å². The number of carbonyl (C=O) groups is 1. The Labute approximate surface area is 132 Å². The third-order valence-electron chi connectivity index (χ3n) is 3.74. The molecule has 1 amide bonds. The number of aromatic nitrogens is 2. The molecule has 0 radical (unpaired) electrons. The SMILES string of the molecule is CC(Cc1ccc(O)c(O)c1)C(=O)Nc1cccc2[nH]cnc12. The number of imidazole rings is 1. The standard InChI is InChI=1S/C17H17N3O3/c1-10(7-11-5-6-14(21)15(22)8-11)17(23)20-13-4-2-3-12-16(13)19-9-18-12/h2-6,8-10,21-22H,7H2,1H3,(H,18,19)(H,20,23). The highest BCUT2D eigenvalue weighted by atomic mass is 16.3. The number of fused-ring (bicyclic) bond motifs is 1. The van der Waals surface area contributed by atoms with Gasteiger partial charge in [-0.1, -0.05) is 19.1 Å². The lowest BCUT2D eigenvalue weighted by Crippen LogP contribution is -2.22. The summed E-state index contributed by atoms with van der Waals surface area (Å²) in [5.41, 5.74) is 3.02. The predicted octanol–water partition coefficient (Wildman–Crippen LogP) is 2.79. The van der Waals surface area contributed by atoms with Gasteiger partial charge in [-0.2, -0.15) is 0 Å². The van der Waals surface area contributed by atoms with Crippen molar-refractivity contribution in [3.8, 4) is 11.5 Å². The number of anilines is 1. The Bertz CT molecular complexity index is 857. The summed E-state index contributed by atoms with van der Waals surface area (Å²) < 4.78 is 0. The topological polar surface area (TPSA) is 98.2 Å². The summed E-state index contributed by atoms with van der Waals surface area (Å²) in [6.07, 6.45) is 2.04. The van der Waals surface area contributed by atoms with E-state index in [1.54, 1.807) is 18.5 Å². The predicted molar refractivity (Wildman–Crippen MR) is 87.4 cm³/mol. The number of hydrogen-bond donors (Lipinski definition) is 4. The number of phenolic OH excluding ortho intramolecular Hbond substituents is 2. The fourth-order valence-electron chi connectivity index (χ4n) is 2.46. The normalized spacial score (nSPS) is 12.2. The third-order valence-corrected chi connectivity index (χ3v) is 3.74. The minimum atomic E-state index is -0.298. The maximum atomic E-state index is 12.4. The molecule has 1 heterocycles. The van der Waals surface area contributed by atoms with Gasteiger partial charge in [-0.3, -0.25) is 4.79 Å². The second-order valence-corrected chi connectivity index (χ2v) is 5.52. The highest BCUT2D eigenvalue weighted by Crippen LogP contribution is 2.26. The van der Waals surface area contributed by atoms with Crippen LogP contribution in [0.4, 0.5) is 5.69 Å². The number of para-hydroxylation sites is 1. The van der Waals surface area contributed by atoms with E-state index in [1.165, 1.54) is 12.1 Å². The van der Waals surface area contributed by atoms with Crippen molar-refractivity contribution in [2.75, 3.05) is 5.32 Å². The summed E-state index contributed by atoms with van der Waals surface area (Å²) in [6.45, 7) is 1.81. The Morgan fingerprint density at radius 2 is 2.09 bits per heavy atom. The highest BCUT2D eigenvalue weighted by Gasteiger charge is 2.16. The quantitative estimate of drug-likeness (QED) is 0.557. The highest BCUT2D eigenvalue weighted by molar-refractivity contribution is 6.00. The lowest BCUT2D eigenvalue weighted by Gasteiger charge is -2.13. The van der Waals surface area contributed by atoms with Crippen LogP contribution < -0.4 is 5.32 Å². The number of nitrogens with one attached hydrogen (secondary N) is 2. The van der Waals surface area contributed by atoms with Crippen molar-refractivity contribution in [3.05, 3.63) is 48.3 Å². The number of carbonyl (C=O) groups excluding carboxylic acids is 1. The molecule has 6 nitrogen and oxygen atoms in total. The lowest BCUT2D eigenvalue weighted by molar-refractivity contribution is -0.119. The van der Waals surface area contributed by atoms with E-state index >= 15 is 0 Å². The van der Waals surface area contributed by atoms with Crippen LogP contribution in [0.2, 0.25) is 0 Å². The molecule has 0 aliphatic carbocycles. The maximum absolute atomic E-state index is 12.4. The van der Waals surface area contributed by atoms with E-state index in [-0.39, 0.29) is 23.3 Å². The van der Waals surface area contributed by atoms with E-state index in [2.05, 4.69) is 15.3 Å². The van der Waals surface area contributed by atoms with Crippen molar-refractivity contribution in [1.82, 2.24) is 9.97 Å². The van der Waals surface area contributed by atoms with Crippen LogP contribution in [-0.4, -0.2) is 26.1 Å². The number of amides is 1. The summed E-state index contributed by atoms with van der Waals surface area (Å²) in [4.78, 5) is 19.6. The largest absolute Gasteiger partial charge is 0.504 e. The fourth-order valence-corrected chi connectivity index (χ4v) is 2.46. The molecule has 4 N–H and O–H groups in total. The van der Waals surface area contributed by atoms with Crippen molar-refractivity contribution in [1.29, 1.82) is 0 Å². The maximum Gasteiger partial charge on any atom is 0.227 e. The van der Waals surface area contributed by atoms with Crippen molar-refractivity contribution < 1.29 is 15.0 Å². The fraction of sp³-hybridized carbons (Fsp3) is 0.176. The van der Waals surface area contributed by atoms with Crippen LogP contribution in [0.25, 0.3) is 11.0 Å². The zero-order valence-corrected chi connectivity index (χ0v) is 12.6. The van der Waals surface area contributed by atoms with Gasteiger partial charge in [0.05, 0.1) is 17.5 Å². The minimum Gasteiger partial charge on any atom is -0.504 e. The van der Waals surface area contributed by atoms with Gasteiger partial charge in [0.2, 0.25) is 5.91 Å². The van der Waals surface area contributed by atoms with Crippen molar-refractivity contribution in [3.63, 3.8) is 0 Å². The molecule has 23 heavy (non-hydrogen) atoms. The Kier molecular flexibility index (Phi) is 3.89. The van der Waals surface area contributed by atoms with Crippen LogP contribution in [0.5, 0.6) is 11.5 Å². The Morgan fingerprint density at radius 1 is 1.26 bits per heavy atom. The molecule has 0 spiro atoms. The summed E-state index contributed by atoms with van der Waals surface area (Å²) in [5.74, 6) is -0.784. The molecule has 2 aromatic carbocycles. The molecular formula is C17H17N3O3. The van der Waals surface area contributed by atoms with Gasteiger partial charge in [0.15, 0.2) is 11.5 Å². The van der Waals surface area contributed by atoms with Gasteiger partial charge in [0.1, 0.15) is 5.52 Å². The number of rotatable bonds is 4. The van der Waals surface area contributed by atoms with E-state index in [1.807, 2.05) is 19.1 Å². The Hall–Kier alpha value is -3.02. The molecule has 118 valence electrons. The number of benzene rings is 2. The van der Waals surface area contributed by atoms with E-state index < -0.39 is 0 Å². The molecule has 3 rings (SSSR count).